The molecule has 25 heavy (non-hydrogen) atoms. The molecule has 0 fully saturated rings. The molecule has 0 heterocycles. The first-order valence-corrected chi connectivity index (χ1v) is 10.5. The Labute approximate surface area is 152 Å². The number of hydrogen-bond donors (Lipinski definition) is 1. The summed E-state index contributed by atoms with van der Waals surface area (Å²) in [6.45, 7) is 11.3. The summed E-state index contributed by atoms with van der Waals surface area (Å²) in [5.74, 6) is 0. The normalized spacial score (nSPS) is 12.5. The van der Waals surface area contributed by atoms with Crippen LogP contribution in [0.1, 0.15) is 20.8 Å². The van der Waals surface area contributed by atoms with Crippen LogP contribution in [0, 0.1) is 0 Å². The molecule has 3 heteroatoms. The van der Waals surface area contributed by atoms with Crippen LogP contribution in [-0.2, 0) is 4.43 Å². The van der Waals surface area contributed by atoms with E-state index in [2.05, 4.69) is 75.9 Å². The average molecular weight is 353 g/mol. The fourth-order valence-corrected chi connectivity index (χ4v) is 7.79. The fourth-order valence-electron chi connectivity index (χ4n) is 3.23. The Morgan fingerprint density at radius 3 is 1.88 bits per heavy atom. The van der Waals surface area contributed by atoms with E-state index in [1.165, 1.54) is 10.4 Å². The second-order valence-corrected chi connectivity index (χ2v) is 11.5. The van der Waals surface area contributed by atoms with Crippen LogP contribution in [0.3, 0.4) is 0 Å². The summed E-state index contributed by atoms with van der Waals surface area (Å²) < 4.78 is 6.73. The van der Waals surface area contributed by atoms with Gasteiger partial charge in [-0.15, -0.1) is 0 Å². The third kappa shape index (κ3) is 4.37. The highest BCUT2D eigenvalue weighted by Gasteiger charge is 2.50. The van der Waals surface area contributed by atoms with Gasteiger partial charge in [-0.05, 0) is 21.0 Å². The van der Waals surface area contributed by atoms with E-state index >= 15 is 0 Å². The van der Waals surface area contributed by atoms with E-state index in [4.69, 9.17) is 9.53 Å². The molecule has 0 saturated carbocycles. The van der Waals surface area contributed by atoms with Crippen molar-refractivity contribution in [2.24, 2.45) is 0 Å². The fraction of sp³-hybridized carbons (Fsp3) is 0.273. The van der Waals surface area contributed by atoms with Crippen LogP contribution in [0.2, 0.25) is 5.04 Å². The van der Waals surface area contributed by atoms with Crippen LogP contribution in [-0.4, -0.2) is 26.6 Å². The molecule has 2 rings (SSSR count). The van der Waals surface area contributed by atoms with Crippen LogP contribution in [0.5, 0.6) is 0 Å². The predicted octanol–water partition coefficient (Wildman–Crippen LogP) is 3.67. The van der Waals surface area contributed by atoms with Crippen molar-refractivity contribution in [2.45, 2.75) is 25.8 Å². The maximum atomic E-state index is 8.97. The minimum atomic E-state index is -2.51. The minimum Gasteiger partial charge on any atom is -0.403 e. The van der Waals surface area contributed by atoms with Crippen LogP contribution in [0.4, 0.5) is 0 Å². The summed E-state index contributed by atoms with van der Waals surface area (Å²) in [6, 6.07) is 21.1. The van der Waals surface area contributed by atoms with Crippen molar-refractivity contribution in [3.63, 3.8) is 0 Å². The van der Waals surface area contributed by atoms with Gasteiger partial charge in [0, 0.05) is 0 Å². The zero-order chi connectivity index (χ0) is 18.3. The van der Waals surface area contributed by atoms with Crippen molar-refractivity contribution in [1.82, 2.24) is 0 Å². The van der Waals surface area contributed by atoms with Gasteiger partial charge >= 0.3 is 0 Å². The SMILES string of the molecule is C=C(/C=C/CO)CO[Si](c1ccccc1)(c1ccccc1)C(C)(C)C. The first kappa shape index (κ1) is 19.4. The molecule has 0 bridgehead atoms. The monoisotopic (exact) mass is 352 g/mol. The number of aliphatic hydroxyl groups excluding tert-OH is 1. The van der Waals surface area contributed by atoms with Gasteiger partial charge in [0.2, 0.25) is 0 Å². The first-order valence-electron chi connectivity index (χ1n) is 8.62. The molecule has 2 aromatic rings. The van der Waals surface area contributed by atoms with Crippen molar-refractivity contribution >= 4 is 18.7 Å². The Morgan fingerprint density at radius 2 is 1.48 bits per heavy atom. The largest absolute Gasteiger partial charge is 0.403 e. The van der Waals surface area contributed by atoms with E-state index in [-0.39, 0.29) is 11.6 Å². The topological polar surface area (TPSA) is 29.5 Å². The lowest BCUT2D eigenvalue weighted by Gasteiger charge is -2.43. The summed E-state index contributed by atoms with van der Waals surface area (Å²) >= 11 is 0. The Balaban J connectivity index is 2.53. The highest BCUT2D eigenvalue weighted by Crippen LogP contribution is 2.36. The molecule has 0 saturated heterocycles. The van der Waals surface area contributed by atoms with Crippen LogP contribution >= 0.6 is 0 Å². The zero-order valence-electron chi connectivity index (χ0n) is 15.4. The number of aliphatic hydroxyl groups is 1. The average Bonchev–Trinajstić information content (AvgIpc) is 2.61. The summed E-state index contributed by atoms with van der Waals surface area (Å²) in [5, 5.41) is 11.4. The van der Waals surface area contributed by atoms with E-state index in [1.54, 1.807) is 6.08 Å². The van der Waals surface area contributed by atoms with Crippen LogP contribution in [0.15, 0.2) is 85.0 Å². The maximum Gasteiger partial charge on any atom is 0.261 e. The van der Waals surface area contributed by atoms with Crippen molar-refractivity contribution < 1.29 is 9.53 Å². The second-order valence-electron chi connectivity index (χ2n) is 7.20. The summed E-state index contributed by atoms with van der Waals surface area (Å²) in [7, 11) is -2.51. The molecule has 0 unspecified atom stereocenters. The second kappa shape index (κ2) is 8.43. The third-order valence-corrected chi connectivity index (χ3v) is 9.33. The maximum absolute atomic E-state index is 8.97. The summed E-state index contributed by atoms with van der Waals surface area (Å²) in [4.78, 5) is 0. The lowest BCUT2D eigenvalue weighted by Crippen LogP contribution is -2.66. The van der Waals surface area contributed by atoms with Crippen LogP contribution in [0.25, 0.3) is 0 Å². The first-order chi connectivity index (χ1) is 11.9. The molecule has 0 aliphatic heterocycles. The molecule has 0 amide bonds. The quantitative estimate of drug-likeness (QED) is 0.609. The molecule has 0 spiro atoms. The van der Waals surface area contributed by atoms with Gasteiger partial charge in [0.15, 0.2) is 0 Å². The van der Waals surface area contributed by atoms with E-state index in [0.717, 1.165) is 5.57 Å². The zero-order valence-corrected chi connectivity index (χ0v) is 16.4. The minimum absolute atomic E-state index is 0.0121. The molecular formula is C22H28O2Si. The van der Waals surface area contributed by atoms with Gasteiger partial charge < -0.3 is 9.53 Å². The highest BCUT2D eigenvalue weighted by atomic mass is 28.4. The van der Waals surface area contributed by atoms with Crippen molar-refractivity contribution in [2.75, 3.05) is 13.2 Å². The van der Waals surface area contributed by atoms with Gasteiger partial charge in [0.1, 0.15) is 0 Å². The van der Waals surface area contributed by atoms with Gasteiger partial charge in [-0.1, -0.05) is 100 Å². The molecule has 2 nitrogen and oxygen atoms in total. The smallest absolute Gasteiger partial charge is 0.261 e. The standard InChI is InChI=1S/C22H28O2Si/c1-19(12-11-17-23)18-24-25(22(2,3)4,20-13-7-5-8-14-20)21-15-9-6-10-16-21/h5-16,23H,1,17-18H2,2-4H3/b12-11+. The number of rotatable bonds is 7. The molecule has 0 aliphatic rings. The lowest BCUT2D eigenvalue weighted by atomic mass is 10.2. The van der Waals surface area contributed by atoms with Gasteiger partial charge in [-0.25, -0.2) is 0 Å². The Kier molecular flexibility index (Phi) is 6.54. The number of hydrogen-bond acceptors (Lipinski definition) is 2. The molecule has 0 aliphatic carbocycles. The molecular weight excluding hydrogens is 324 g/mol. The van der Waals surface area contributed by atoms with Crippen LogP contribution < -0.4 is 10.4 Å². The summed E-state index contributed by atoms with van der Waals surface area (Å²) in [6.07, 6.45) is 3.52. The molecule has 0 atom stereocenters. The van der Waals surface area contributed by atoms with E-state index in [1.807, 2.05) is 18.2 Å². The Hall–Kier alpha value is -1.94. The van der Waals surface area contributed by atoms with E-state index in [0.29, 0.717) is 6.61 Å². The van der Waals surface area contributed by atoms with E-state index in [9.17, 15) is 0 Å². The van der Waals surface area contributed by atoms with Gasteiger partial charge in [-0.2, -0.15) is 0 Å². The molecule has 0 radical (unpaired) electrons. The Morgan fingerprint density at radius 1 is 1.00 bits per heavy atom. The third-order valence-electron chi connectivity index (χ3n) is 4.35. The predicted molar refractivity (Wildman–Crippen MR) is 109 cm³/mol. The van der Waals surface area contributed by atoms with Crippen molar-refractivity contribution in [3.05, 3.63) is 85.0 Å². The molecule has 1 N–H and O–H groups in total. The number of benzene rings is 2. The molecule has 132 valence electrons. The van der Waals surface area contributed by atoms with Gasteiger partial charge in [0.25, 0.3) is 8.32 Å². The van der Waals surface area contributed by atoms with Crippen molar-refractivity contribution in [3.8, 4) is 0 Å². The summed E-state index contributed by atoms with van der Waals surface area (Å²) in [5.41, 5.74) is 0.863. The van der Waals surface area contributed by atoms with Gasteiger partial charge in [-0.3, -0.25) is 0 Å². The lowest BCUT2D eigenvalue weighted by molar-refractivity contribution is 0.331. The van der Waals surface area contributed by atoms with Crippen molar-refractivity contribution in [1.29, 1.82) is 0 Å². The highest BCUT2D eigenvalue weighted by molar-refractivity contribution is 6.99. The van der Waals surface area contributed by atoms with Gasteiger partial charge in [0.05, 0.1) is 13.2 Å². The Bertz CT molecular complexity index is 660. The molecule has 2 aromatic carbocycles. The van der Waals surface area contributed by atoms with E-state index < -0.39 is 8.32 Å². The molecule has 0 aromatic heterocycles.